The minimum Gasteiger partial charge on any atom is -0.481 e. The SMILES string of the molecule is Cc1ccc(-c2nnnn2C(C)C(C)C(=O)O)cc1C. The minimum absolute atomic E-state index is 0.320. The van der Waals surface area contributed by atoms with Crippen LogP contribution in [0, 0.1) is 19.8 Å². The molecule has 6 heteroatoms. The van der Waals surface area contributed by atoms with Gasteiger partial charge in [0.2, 0.25) is 0 Å². The summed E-state index contributed by atoms with van der Waals surface area (Å²) in [7, 11) is 0. The fourth-order valence-corrected chi connectivity index (χ4v) is 1.96. The van der Waals surface area contributed by atoms with Gasteiger partial charge in [-0.1, -0.05) is 12.1 Å². The van der Waals surface area contributed by atoms with Crippen LogP contribution in [0.4, 0.5) is 0 Å². The van der Waals surface area contributed by atoms with Crippen molar-refractivity contribution in [3.05, 3.63) is 29.3 Å². The van der Waals surface area contributed by atoms with Gasteiger partial charge in [-0.3, -0.25) is 4.79 Å². The van der Waals surface area contributed by atoms with E-state index in [9.17, 15) is 4.79 Å². The third-order valence-electron chi connectivity index (χ3n) is 3.76. The predicted octanol–water partition coefficient (Wildman–Crippen LogP) is 2.24. The van der Waals surface area contributed by atoms with E-state index in [4.69, 9.17) is 5.11 Å². The highest BCUT2D eigenvalue weighted by Gasteiger charge is 2.25. The van der Waals surface area contributed by atoms with Gasteiger partial charge in [0, 0.05) is 5.56 Å². The van der Waals surface area contributed by atoms with E-state index in [0.717, 1.165) is 11.1 Å². The molecule has 0 bridgehead atoms. The number of carboxylic acids is 1. The first kappa shape index (κ1) is 14.2. The third kappa shape index (κ3) is 2.54. The monoisotopic (exact) mass is 274 g/mol. The van der Waals surface area contributed by atoms with Crippen molar-refractivity contribution in [1.29, 1.82) is 0 Å². The summed E-state index contributed by atoms with van der Waals surface area (Å²) >= 11 is 0. The van der Waals surface area contributed by atoms with E-state index < -0.39 is 11.9 Å². The molecule has 106 valence electrons. The first-order chi connectivity index (χ1) is 9.41. The highest BCUT2D eigenvalue weighted by atomic mass is 16.4. The lowest BCUT2D eigenvalue weighted by atomic mass is 10.0. The minimum atomic E-state index is -0.862. The second-order valence-electron chi connectivity index (χ2n) is 5.11. The molecule has 0 saturated heterocycles. The molecule has 2 unspecified atom stereocenters. The number of hydrogen-bond donors (Lipinski definition) is 1. The predicted molar refractivity (Wildman–Crippen MR) is 74.2 cm³/mol. The summed E-state index contributed by atoms with van der Waals surface area (Å²) in [5, 5.41) is 20.8. The fraction of sp³-hybridized carbons (Fsp3) is 0.429. The van der Waals surface area contributed by atoms with E-state index in [-0.39, 0.29) is 6.04 Å². The molecule has 0 aliphatic rings. The van der Waals surface area contributed by atoms with Crippen LogP contribution >= 0.6 is 0 Å². The molecule has 0 amide bonds. The number of carbonyl (C=O) groups is 1. The Balaban J connectivity index is 2.42. The Labute approximate surface area is 117 Å². The molecule has 0 fully saturated rings. The topological polar surface area (TPSA) is 80.9 Å². The van der Waals surface area contributed by atoms with E-state index in [2.05, 4.69) is 15.5 Å². The summed E-state index contributed by atoms with van der Waals surface area (Å²) < 4.78 is 1.57. The van der Waals surface area contributed by atoms with Gasteiger partial charge in [-0.25, -0.2) is 4.68 Å². The molecule has 0 aliphatic heterocycles. The fourth-order valence-electron chi connectivity index (χ4n) is 1.96. The molecule has 2 rings (SSSR count). The van der Waals surface area contributed by atoms with Crippen molar-refractivity contribution in [2.75, 3.05) is 0 Å². The summed E-state index contributed by atoms with van der Waals surface area (Å²) in [6, 6.07) is 5.65. The molecular weight excluding hydrogens is 256 g/mol. The van der Waals surface area contributed by atoms with Crippen LogP contribution in [0.5, 0.6) is 0 Å². The molecule has 1 aromatic carbocycles. The van der Waals surface area contributed by atoms with Crippen LogP contribution < -0.4 is 0 Å². The molecule has 1 aromatic heterocycles. The van der Waals surface area contributed by atoms with E-state index in [0.29, 0.717) is 5.82 Å². The molecule has 2 atom stereocenters. The number of rotatable bonds is 4. The Kier molecular flexibility index (Phi) is 3.83. The normalized spacial score (nSPS) is 14.0. The van der Waals surface area contributed by atoms with Crippen LogP contribution in [0.2, 0.25) is 0 Å². The van der Waals surface area contributed by atoms with Crippen molar-refractivity contribution in [2.45, 2.75) is 33.7 Å². The molecule has 2 aromatic rings. The molecule has 6 nitrogen and oxygen atoms in total. The highest BCUT2D eigenvalue weighted by molar-refractivity contribution is 5.70. The lowest BCUT2D eigenvalue weighted by Gasteiger charge is -2.17. The number of aromatic nitrogens is 4. The molecule has 0 spiro atoms. The van der Waals surface area contributed by atoms with Crippen LogP contribution in [0.3, 0.4) is 0 Å². The van der Waals surface area contributed by atoms with E-state index in [1.54, 1.807) is 18.5 Å². The van der Waals surface area contributed by atoms with E-state index in [1.165, 1.54) is 5.56 Å². The number of hydrogen-bond acceptors (Lipinski definition) is 4. The van der Waals surface area contributed by atoms with Gasteiger partial charge < -0.3 is 5.11 Å². The first-order valence-corrected chi connectivity index (χ1v) is 6.50. The number of nitrogens with zero attached hydrogens (tertiary/aromatic N) is 4. The quantitative estimate of drug-likeness (QED) is 0.924. The molecule has 1 heterocycles. The molecule has 0 aliphatic carbocycles. The van der Waals surface area contributed by atoms with Gasteiger partial charge in [-0.2, -0.15) is 0 Å². The van der Waals surface area contributed by atoms with Crippen molar-refractivity contribution in [1.82, 2.24) is 20.2 Å². The van der Waals surface area contributed by atoms with Gasteiger partial charge in [0.05, 0.1) is 12.0 Å². The maximum absolute atomic E-state index is 11.1. The average Bonchev–Trinajstić information content (AvgIpc) is 2.89. The average molecular weight is 274 g/mol. The van der Waals surface area contributed by atoms with Crippen LogP contribution in [-0.2, 0) is 4.79 Å². The summed E-state index contributed by atoms with van der Waals surface area (Å²) in [4.78, 5) is 11.1. The highest BCUT2D eigenvalue weighted by Crippen LogP contribution is 2.25. The molecule has 0 radical (unpaired) electrons. The van der Waals surface area contributed by atoms with Gasteiger partial charge in [0.25, 0.3) is 0 Å². The van der Waals surface area contributed by atoms with Crippen LogP contribution in [-0.4, -0.2) is 31.3 Å². The second-order valence-corrected chi connectivity index (χ2v) is 5.11. The zero-order chi connectivity index (χ0) is 14.9. The number of tetrazole rings is 1. The van der Waals surface area contributed by atoms with Crippen molar-refractivity contribution in [3.8, 4) is 11.4 Å². The molecule has 1 N–H and O–H groups in total. The van der Waals surface area contributed by atoms with Crippen LogP contribution in [0.1, 0.15) is 31.0 Å². The Morgan fingerprint density at radius 2 is 1.95 bits per heavy atom. The van der Waals surface area contributed by atoms with Gasteiger partial charge in [0.1, 0.15) is 0 Å². The summed E-state index contributed by atoms with van der Waals surface area (Å²) in [5.74, 6) is -0.837. The van der Waals surface area contributed by atoms with Gasteiger partial charge in [0.15, 0.2) is 5.82 Å². The lowest BCUT2D eigenvalue weighted by Crippen LogP contribution is -2.23. The van der Waals surface area contributed by atoms with Gasteiger partial charge in [-0.05, 0) is 55.3 Å². The number of aryl methyl sites for hydroxylation is 2. The Morgan fingerprint density at radius 1 is 1.25 bits per heavy atom. The molecular formula is C14H18N4O2. The third-order valence-corrected chi connectivity index (χ3v) is 3.76. The van der Waals surface area contributed by atoms with Crippen LogP contribution in [0.25, 0.3) is 11.4 Å². The van der Waals surface area contributed by atoms with Crippen molar-refractivity contribution in [3.63, 3.8) is 0 Å². The number of benzene rings is 1. The number of carboxylic acid groups (broad SMARTS) is 1. The molecule has 0 saturated carbocycles. The smallest absolute Gasteiger partial charge is 0.308 e. The first-order valence-electron chi connectivity index (χ1n) is 6.50. The summed E-state index contributed by atoms with van der Waals surface area (Å²) in [6.45, 7) is 7.52. The largest absolute Gasteiger partial charge is 0.481 e. The van der Waals surface area contributed by atoms with E-state index in [1.807, 2.05) is 32.0 Å². The van der Waals surface area contributed by atoms with E-state index >= 15 is 0 Å². The summed E-state index contributed by atoms with van der Waals surface area (Å²) in [6.07, 6.45) is 0. The maximum atomic E-state index is 11.1. The Hall–Kier alpha value is -2.24. The maximum Gasteiger partial charge on any atom is 0.308 e. The molecule has 20 heavy (non-hydrogen) atoms. The zero-order valence-electron chi connectivity index (χ0n) is 12.0. The van der Waals surface area contributed by atoms with Gasteiger partial charge in [-0.15, -0.1) is 5.10 Å². The lowest BCUT2D eigenvalue weighted by molar-refractivity contribution is -0.142. The van der Waals surface area contributed by atoms with Crippen molar-refractivity contribution in [2.24, 2.45) is 5.92 Å². The summed E-state index contributed by atoms with van der Waals surface area (Å²) in [5.41, 5.74) is 3.23. The van der Waals surface area contributed by atoms with Gasteiger partial charge >= 0.3 is 5.97 Å². The zero-order valence-corrected chi connectivity index (χ0v) is 12.0. The number of aliphatic carboxylic acids is 1. The second kappa shape index (κ2) is 5.40. The Bertz CT molecular complexity index is 636. The van der Waals surface area contributed by atoms with Crippen molar-refractivity contribution >= 4 is 5.97 Å². The Morgan fingerprint density at radius 3 is 2.55 bits per heavy atom. The standard InChI is InChI=1S/C14H18N4O2/c1-8-5-6-12(7-9(8)2)13-15-16-17-18(13)11(4)10(3)14(19)20/h5-7,10-11H,1-4H3,(H,19,20). The van der Waals surface area contributed by atoms with Crippen LogP contribution in [0.15, 0.2) is 18.2 Å². The van der Waals surface area contributed by atoms with Crippen molar-refractivity contribution < 1.29 is 9.90 Å².